The van der Waals surface area contributed by atoms with Crippen LogP contribution >= 0.6 is 11.6 Å². The minimum absolute atomic E-state index is 0.0662. The third-order valence-corrected chi connectivity index (χ3v) is 8.94. The zero-order valence-corrected chi connectivity index (χ0v) is 23.7. The average molecular weight is 639 g/mol. The fourth-order valence-corrected chi connectivity index (χ4v) is 6.26. The number of hydrogen-bond acceptors (Lipinski definition) is 4. The summed E-state index contributed by atoms with van der Waals surface area (Å²) in [5, 5.41) is 8.72. The molecular weight excluding hydrogens is 609 g/mol. The molecule has 3 fully saturated rings. The van der Waals surface area contributed by atoms with Crippen molar-refractivity contribution in [2.75, 3.05) is 26.2 Å². The van der Waals surface area contributed by atoms with Gasteiger partial charge >= 0.3 is 12.1 Å². The topological polar surface area (TPSA) is 70.1 Å². The number of halogens is 8. The molecule has 1 N–H and O–H groups in total. The van der Waals surface area contributed by atoms with Crippen LogP contribution in [0.4, 0.5) is 30.7 Å². The third kappa shape index (κ3) is 6.97. The van der Waals surface area contributed by atoms with E-state index in [1.807, 2.05) is 0 Å². The van der Waals surface area contributed by atoms with Crippen molar-refractivity contribution in [1.82, 2.24) is 9.80 Å². The third-order valence-electron chi connectivity index (χ3n) is 8.67. The first-order valence-corrected chi connectivity index (χ1v) is 14.4. The van der Waals surface area contributed by atoms with Crippen LogP contribution in [0.15, 0.2) is 35.4 Å². The highest BCUT2D eigenvalue weighted by molar-refractivity contribution is 6.30. The second kappa shape index (κ2) is 11.9. The van der Waals surface area contributed by atoms with Gasteiger partial charge in [-0.3, -0.25) is 9.69 Å². The number of ether oxygens (including phenoxy) is 1. The molecule has 1 unspecified atom stereocenters. The Labute approximate surface area is 248 Å². The molecule has 2 saturated heterocycles. The summed E-state index contributed by atoms with van der Waals surface area (Å²) in [6.45, 7) is -0.866. The van der Waals surface area contributed by atoms with Crippen LogP contribution in [0, 0.1) is 17.7 Å². The summed E-state index contributed by atoms with van der Waals surface area (Å²) in [5.41, 5.74) is -3.42. The maximum atomic E-state index is 15.7. The van der Waals surface area contributed by atoms with Crippen LogP contribution in [-0.2, 0) is 27.0 Å². The van der Waals surface area contributed by atoms with E-state index in [1.54, 1.807) is 4.90 Å². The first-order chi connectivity index (χ1) is 20.1. The normalized spacial score (nSPS) is 26.5. The monoisotopic (exact) mass is 638 g/mol. The molecule has 1 aromatic carbocycles. The number of nitrogens with zero attached hydrogens (tertiary/aromatic N) is 2. The van der Waals surface area contributed by atoms with Gasteiger partial charge in [-0.15, -0.1) is 0 Å². The van der Waals surface area contributed by atoms with Gasteiger partial charge in [-0.25, -0.2) is 22.4 Å². The lowest BCUT2D eigenvalue weighted by Crippen LogP contribution is -2.44. The molecule has 3 atom stereocenters. The highest BCUT2D eigenvalue weighted by Crippen LogP contribution is 2.47. The lowest BCUT2D eigenvalue weighted by molar-refractivity contribution is -0.147. The number of carboxylic acid groups (broad SMARTS) is 1. The average Bonchev–Trinajstić information content (AvgIpc) is 3.70. The van der Waals surface area contributed by atoms with Crippen molar-refractivity contribution in [3.05, 3.63) is 57.3 Å². The van der Waals surface area contributed by atoms with E-state index < -0.39 is 77.2 Å². The predicted molar refractivity (Wildman–Crippen MR) is 140 cm³/mol. The summed E-state index contributed by atoms with van der Waals surface area (Å²) in [4.78, 5) is 27.0. The molecule has 1 amide bonds. The van der Waals surface area contributed by atoms with E-state index >= 15 is 8.78 Å². The minimum Gasteiger partial charge on any atom is -0.494 e. The number of benzene rings is 1. The van der Waals surface area contributed by atoms with Gasteiger partial charge in [0, 0.05) is 43.6 Å². The van der Waals surface area contributed by atoms with Gasteiger partial charge in [0.1, 0.15) is 41.9 Å². The van der Waals surface area contributed by atoms with E-state index in [9.17, 15) is 36.6 Å². The Morgan fingerprint density at radius 3 is 2.42 bits per heavy atom. The van der Waals surface area contributed by atoms with E-state index in [-0.39, 0.29) is 68.1 Å². The lowest BCUT2D eigenvalue weighted by Gasteiger charge is -2.37. The van der Waals surface area contributed by atoms with Crippen LogP contribution in [0.25, 0.3) is 0 Å². The number of carboxylic acids is 1. The maximum Gasteiger partial charge on any atom is 0.416 e. The number of hydrogen-bond donors (Lipinski definition) is 1. The number of likely N-dealkylation sites (tertiary alicyclic amines) is 2. The standard InChI is InChI=1S/C29H30ClF7N2O4/c30-21-8-17(29(35,36)37)7-16(25(21)33)12-38-5-3-28(34,4-6-38)14-43-24-11-22(32)20(10-19(24)15-1-2-15)26(40)39-13-18(31)9-23(39)27(41)42/h7-8,11,15,18-19,23H,1-6,9-10,12-14H2,(H,41,42)/t18-,19?,23+/m1/s1. The van der Waals surface area contributed by atoms with Crippen molar-refractivity contribution in [2.24, 2.45) is 11.8 Å². The first-order valence-electron chi connectivity index (χ1n) is 14.0. The van der Waals surface area contributed by atoms with Crippen LogP contribution in [0.3, 0.4) is 0 Å². The molecule has 14 heteroatoms. The second-order valence-electron chi connectivity index (χ2n) is 11.8. The van der Waals surface area contributed by atoms with Crippen LogP contribution in [0.5, 0.6) is 0 Å². The Bertz CT molecular complexity index is 1340. The van der Waals surface area contributed by atoms with Gasteiger partial charge in [0.05, 0.1) is 22.7 Å². The Kier molecular flexibility index (Phi) is 8.78. The first kappa shape index (κ1) is 31.6. The fraction of sp³-hybridized carbons (Fsp3) is 0.586. The minimum atomic E-state index is -4.71. The summed E-state index contributed by atoms with van der Waals surface area (Å²) < 4.78 is 105. The molecule has 236 valence electrons. The molecule has 0 bridgehead atoms. The number of carbonyl (C=O) groups excluding carboxylic acids is 1. The van der Waals surface area contributed by atoms with E-state index in [0.29, 0.717) is 12.1 Å². The van der Waals surface area contributed by atoms with Crippen molar-refractivity contribution >= 4 is 23.5 Å². The largest absolute Gasteiger partial charge is 0.494 e. The summed E-state index contributed by atoms with van der Waals surface area (Å²) in [6, 6.07) is -0.175. The number of alkyl halides is 5. The zero-order chi connectivity index (χ0) is 31.3. The Morgan fingerprint density at radius 2 is 1.81 bits per heavy atom. The van der Waals surface area contributed by atoms with Gasteiger partial charge in [0.15, 0.2) is 0 Å². The van der Waals surface area contributed by atoms with E-state index in [4.69, 9.17) is 16.3 Å². The number of allylic oxidation sites excluding steroid dienone is 3. The summed E-state index contributed by atoms with van der Waals surface area (Å²) in [5.74, 6) is -4.33. The van der Waals surface area contributed by atoms with Crippen molar-refractivity contribution < 1.29 is 50.2 Å². The summed E-state index contributed by atoms with van der Waals surface area (Å²) >= 11 is 5.67. The molecule has 2 aliphatic heterocycles. The number of piperidine rings is 1. The van der Waals surface area contributed by atoms with E-state index in [1.165, 1.54) is 0 Å². The number of aliphatic carboxylic acids is 1. The molecule has 1 saturated carbocycles. The molecule has 4 aliphatic rings. The molecule has 5 rings (SSSR count). The van der Waals surface area contributed by atoms with Crippen LogP contribution in [0.1, 0.15) is 49.7 Å². The van der Waals surface area contributed by atoms with E-state index in [0.717, 1.165) is 23.8 Å². The second-order valence-corrected chi connectivity index (χ2v) is 12.2. The molecule has 6 nitrogen and oxygen atoms in total. The van der Waals surface area contributed by atoms with Gasteiger partial charge in [-0.2, -0.15) is 13.2 Å². The van der Waals surface area contributed by atoms with Gasteiger partial charge in [-0.1, -0.05) is 11.6 Å². The molecule has 0 radical (unpaired) electrons. The molecule has 2 aliphatic carbocycles. The predicted octanol–water partition coefficient (Wildman–Crippen LogP) is 6.38. The Hall–Kier alpha value is -2.80. The van der Waals surface area contributed by atoms with E-state index in [2.05, 4.69) is 0 Å². The highest BCUT2D eigenvalue weighted by Gasteiger charge is 2.45. The van der Waals surface area contributed by atoms with Gasteiger partial charge in [0.25, 0.3) is 5.91 Å². The number of carbonyl (C=O) groups is 2. The van der Waals surface area contributed by atoms with Crippen LogP contribution in [-0.4, -0.2) is 70.9 Å². The zero-order valence-electron chi connectivity index (χ0n) is 22.9. The highest BCUT2D eigenvalue weighted by atomic mass is 35.5. The number of rotatable bonds is 8. The molecule has 0 aromatic heterocycles. The molecular formula is C29H30ClF7N2O4. The maximum absolute atomic E-state index is 15.7. The van der Waals surface area contributed by atoms with Crippen molar-refractivity contribution in [3.8, 4) is 0 Å². The van der Waals surface area contributed by atoms with Gasteiger partial charge in [0.2, 0.25) is 0 Å². The lowest BCUT2D eigenvalue weighted by atomic mass is 9.87. The summed E-state index contributed by atoms with van der Waals surface area (Å²) in [6.07, 6.45) is -4.23. The Balaban J connectivity index is 1.23. The van der Waals surface area contributed by atoms with Gasteiger partial charge < -0.3 is 14.7 Å². The number of amides is 1. The van der Waals surface area contributed by atoms with Crippen molar-refractivity contribution in [3.63, 3.8) is 0 Å². The molecule has 0 spiro atoms. The summed E-state index contributed by atoms with van der Waals surface area (Å²) in [7, 11) is 0. The SMILES string of the molecule is O=C(O)[C@@H]1C[C@@H](F)CN1C(=O)C1=C(F)C=C(OCC2(F)CCN(Cc3cc(C(F)(F)F)cc(Cl)c3F)CC2)C(C2CC2)C1. The Morgan fingerprint density at radius 1 is 1.14 bits per heavy atom. The molecule has 1 aromatic rings. The fourth-order valence-electron chi connectivity index (χ4n) is 6.02. The smallest absolute Gasteiger partial charge is 0.416 e. The van der Waals surface area contributed by atoms with Crippen molar-refractivity contribution in [1.29, 1.82) is 0 Å². The molecule has 2 heterocycles. The van der Waals surface area contributed by atoms with Crippen molar-refractivity contribution in [2.45, 2.75) is 69.1 Å². The van der Waals surface area contributed by atoms with Crippen LogP contribution in [0.2, 0.25) is 5.02 Å². The van der Waals surface area contributed by atoms with Gasteiger partial charge in [-0.05, 0) is 50.2 Å². The quantitative estimate of drug-likeness (QED) is 0.335. The van der Waals surface area contributed by atoms with Crippen LogP contribution < -0.4 is 0 Å². The molecule has 43 heavy (non-hydrogen) atoms.